The zero-order valence-corrected chi connectivity index (χ0v) is 48.4. The summed E-state index contributed by atoms with van der Waals surface area (Å²) in [6.45, 7) is 12.3. The first-order chi connectivity index (χ1) is 40.9. The van der Waals surface area contributed by atoms with Crippen LogP contribution in [0, 0.1) is 23.0 Å². The van der Waals surface area contributed by atoms with Crippen LogP contribution in [-0.2, 0) is 61.1 Å². The van der Waals surface area contributed by atoms with Crippen LogP contribution in [-0.4, -0.2) is 64.0 Å². The molecule has 454 valence electrons. The number of nitriles is 1. The summed E-state index contributed by atoms with van der Waals surface area (Å²) in [6, 6.07) is 39.0. The van der Waals surface area contributed by atoms with Gasteiger partial charge in [-0.05, 0) is 105 Å². The predicted octanol–water partition coefficient (Wildman–Crippen LogP) is 15.3. The first-order valence-electron chi connectivity index (χ1n) is 26.7. The van der Waals surface area contributed by atoms with Crippen molar-refractivity contribution in [3.8, 4) is 38.7 Å². The molecule has 0 unspecified atom stereocenters. The van der Waals surface area contributed by atoms with E-state index >= 15 is 0 Å². The van der Waals surface area contributed by atoms with Crippen LogP contribution in [0.2, 0.25) is 0 Å². The van der Waals surface area contributed by atoms with Gasteiger partial charge in [0.1, 0.15) is 52.4 Å². The number of nitrogens with zero attached hydrogens (tertiary/aromatic N) is 5. The van der Waals surface area contributed by atoms with Crippen molar-refractivity contribution in [1.82, 2.24) is 14.9 Å². The number of aromatic nitrogens is 2. The summed E-state index contributed by atoms with van der Waals surface area (Å²) in [5.74, 6) is 2.24. The molecule has 0 aliphatic carbocycles. The number of thiazole rings is 2. The lowest BCUT2D eigenvalue weighted by Crippen LogP contribution is -2.21. The molecule has 23 heteroatoms. The minimum Gasteiger partial charge on any atom is -0.488 e. The van der Waals surface area contributed by atoms with Gasteiger partial charge in [-0.25, -0.2) is 24.6 Å². The number of ether oxygens (including phenoxy) is 4. The average Bonchev–Trinajstić information content (AvgIpc) is 4.27. The van der Waals surface area contributed by atoms with Crippen LogP contribution < -0.4 is 21.1 Å². The summed E-state index contributed by atoms with van der Waals surface area (Å²) >= 11 is 2.61. The molecule has 8 aromatic rings. The lowest BCUT2D eigenvalue weighted by Gasteiger charge is -2.13. The Kier molecular flexibility index (Phi) is 27.9. The smallest absolute Gasteiger partial charge is 0.416 e. The second-order valence-corrected chi connectivity index (χ2v) is 20.5. The molecule has 8 rings (SSSR count). The van der Waals surface area contributed by atoms with Crippen molar-refractivity contribution in [1.29, 1.82) is 5.26 Å². The molecule has 2 heterocycles. The number of alkyl halides is 6. The highest BCUT2D eigenvalue weighted by atomic mass is 32.1. The van der Waals surface area contributed by atoms with Gasteiger partial charge in [0, 0.05) is 37.9 Å². The number of hydrogen-bond donors (Lipinski definition) is 4. The van der Waals surface area contributed by atoms with Crippen LogP contribution in [0.25, 0.3) is 21.1 Å². The van der Waals surface area contributed by atoms with Crippen molar-refractivity contribution < 1.29 is 65.9 Å². The van der Waals surface area contributed by atoms with Crippen LogP contribution >= 0.6 is 22.7 Å². The quantitative estimate of drug-likeness (QED) is 0.0112. The number of rotatable bonds is 24. The Bertz CT molecular complexity index is 3320. The Morgan fingerprint density at radius 1 is 0.600 bits per heavy atom. The number of oxime groups is 1. The SMILES string of the molecule is CCN(CC)CC.N#Cc1ccc(OCc2sc(-c3ccc(C(F)(F)F)cc3)nc2CCCOCc2ccccc2)cc1F.NC(=NO)c1ccc(OCc2sc(-c3ccc(C(F)(F)F)cc3)nc2CCCOCc2ccccc2)cc1F.NO.[HH]. The minimum atomic E-state index is -4.43. The molecule has 0 aliphatic rings. The first kappa shape index (κ1) is 68.0. The lowest BCUT2D eigenvalue weighted by atomic mass is 10.1. The molecule has 0 saturated carbocycles. The third kappa shape index (κ3) is 22.0. The number of nitrogens with two attached hydrogens (primary N) is 2. The monoisotopic (exact) mass is 1220 g/mol. The Morgan fingerprint density at radius 3 is 1.36 bits per heavy atom. The summed E-state index contributed by atoms with van der Waals surface area (Å²) in [7, 11) is 0. The third-order valence-corrected chi connectivity index (χ3v) is 14.8. The van der Waals surface area contributed by atoms with E-state index in [1.165, 1.54) is 90.8 Å². The molecule has 2 aromatic heterocycles. The average molecular weight is 1220 g/mol. The summed E-state index contributed by atoms with van der Waals surface area (Å²) in [5, 5.41) is 28.1. The van der Waals surface area contributed by atoms with E-state index in [2.05, 4.69) is 46.7 Å². The molecule has 0 amide bonds. The molecular formula is C62H67F8N7O6S2. The van der Waals surface area contributed by atoms with Gasteiger partial charge in [0.15, 0.2) is 5.84 Å². The van der Waals surface area contributed by atoms with E-state index in [1.807, 2.05) is 60.7 Å². The van der Waals surface area contributed by atoms with Crippen LogP contribution in [0.5, 0.6) is 11.5 Å². The van der Waals surface area contributed by atoms with Gasteiger partial charge in [0.2, 0.25) is 0 Å². The second kappa shape index (κ2) is 34.8. The molecule has 0 atom stereocenters. The van der Waals surface area contributed by atoms with E-state index in [4.69, 9.17) is 40.4 Å². The van der Waals surface area contributed by atoms with Gasteiger partial charge >= 0.3 is 12.4 Å². The van der Waals surface area contributed by atoms with Gasteiger partial charge in [0.05, 0.1) is 56.6 Å². The zero-order valence-electron chi connectivity index (χ0n) is 46.8. The summed E-state index contributed by atoms with van der Waals surface area (Å²) in [5.41, 5.74) is 8.59. The van der Waals surface area contributed by atoms with Crippen molar-refractivity contribution >= 4 is 28.5 Å². The Labute approximate surface area is 497 Å². The highest BCUT2D eigenvalue weighted by molar-refractivity contribution is 7.15. The minimum absolute atomic E-state index is 0. The van der Waals surface area contributed by atoms with Gasteiger partial charge < -0.3 is 40.0 Å². The molecule has 85 heavy (non-hydrogen) atoms. The number of benzene rings is 6. The maximum absolute atomic E-state index is 14.3. The topological polar surface area (TPSA) is 195 Å². The van der Waals surface area contributed by atoms with E-state index in [-0.39, 0.29) is 43.1 Å². The van der Waals surface area contributed by atoms with Crippen molar-refractivity contribution in [3.63, 3.8) is 0 Å². The van der Waals surface area contributed by atoms with Crippen molar-refractivity contribution in [2.75, 3.05) is 32.8 Å². The highest BCUT2D eigenvalue weighted by Crippen LogP contribution is 2.36. The molecule has 0 aliphatic heterocycles. The Morgan fingerprint density at radius 2 is 1.01 bits per heavy atom. The Hall–Kier alpha value is -7.82. The van der Waals surface area contributed by atoms with Crippen molar-refractivity contribution in [3.05, 3.63) is 212 Å². The molecule has 6 N–H and O–H groups in total. The van der Waals surface area contributed by atoms with E-state index in [1.54, 1.807) is 6.07 Å². The van der Waals surface area contributed by atoms with Crippen molar-refractivity contribution in [2.24, 2.45) is 16.8 Å². The highest BCUT2D eigenvalue weighted by Gasteiger charge is 2.31. The van der Waals surface area contributed by atoms with Gasteiger partial charge in [-0.3, -0.25) is 0 Å². The van der Waals surface area contributed by atoms with Crippen LogP contribution in [0.4, 0.5) is 35.1 Å². The van der Waals surface area contributed by atoms with Crippen LogP contribution in [0.15, 0.2) is 151 Å². The number of aryl methyl sites for hydroxylation is 2. The molecule has 0 saturated heterocycles. The number of halogens is 8. The van der Waals surface area contributed by atoms with Crippen LogP contribution in [0.3, 0.4) is 0 Å². The summed E-state index contributed by atoms with van der Waals surface area (Å²) in [6.07, 6.45) is -6.36. The van der Waals surface area contributed by atoms with E-state index in [0.717, 1.165) is 68.7 Å². The molecule has 6 aromatic carbocycles. The molecular weight excluding hydrogens is 1150 g/mol. The molecule has 0 bridgehead atoms. The maximum Gasteiger partial charge on any atom is 0.416 e. The normalized spacial score (nSPS) is 11.4. The van der Waals surface area contributed by atoms with Gasteiger partial charge in [-0.15, -0.1) is 22.7 Å². The molecule has 0 fully saturated rings. The second-order valence-electron chi connectivity index (χ2n) is 18.3. The maximum atomic E-state index is 14.3. The lowest BCUT2D eigenvalue weighted by molar-refractivity contribution is -0.138. The first-order valence-corrected chi connectivity index (χ1v) is 28.3. The zero-order chi connectivity index (χ0) is 61.8. The largest absolute Gasteiger partial charge is 0.488 e. The van der Waals surface area contributed by atoms with Gasteiger partial charge in [-0.2, -0.15) is 31.6 Å². The van der Waals surface area contributed by atoms with E-state index in [9.17, 15) is 35.1 Å². The van der Waals surface area contributed by atoms with E-state index < -0.39 is 35.1 Å². The fraction of sp³-hybridized carbons (Fsp3) is 0.290. The van der Waals surface area contributed by atoms with E-state index in [0.29, 0.717) is 73.3 Å². The fourth-order valence-corrected chi connectivity index (χ4v) is 9.99. The number of amidine groups is 1. The standard InChI is InChI=1S/C28H25F4N3O3S.C28H22F4N2O2S.C6H15N.H3NO.H2/c29-23-15-21(12-13-22(23)26(33)35-36)38-17-25-24(7-4-14-37-16-18-5-2-1-3-6-18)34-27(39-25)19-8-10-20(11-9-19)28(30,31)32;29-24-15-23(13-10-21(24)16-33)36-18-26-25(7-4-14-35-17-19-5-2-1-3-6-19)34-27(37-26)20-8-11-22(12-9-20)28(30,31)32;1-4-7(5-2)6-3;1-2;/h1-3,5-6,8-13,15,36H,4,7,14,16-17H2,(H2,33,35);1-3,5-6,8-13,15H,4,7,14,17-18H2;4-6H2,1-3H3;2H,1H2;1H. The third-order valence-electron chi connectivity index (χ3n) is 12.6. The van der Waals surface area contributed by atoms with Gasteiger partial charge in [-0.1, -0.05) is 111 Å². The number of hydrogen-bond acceptors (Lipinski definition) is 14. The fourth-order valence-electron chi connectivity index (χ4n) is 7.94. The molecule has 0 radical (unpaired) electrons. The molecule has 0 spiro atoms. The predicted molar refractivity (Wildman–Crippen MR) is 314 cm³/mol. The summed E-state index contributed by atoms with van der Waals surface area (Å²) in [4.78, 5) is 13.3. The van der Waals surface area contributed by atoms with Crippen LogP contribution in [0.1, 0.15) is 89.6 Å². The van der Waals surface area contributed by atoms with Crippen molar-refractivity contribution in [2.45, 2.75) is 85.2 Å². The molecule has 13 nitrogen and oxygen atoms in total. The summed E-state index contributed by atoms with van der Waals surface area (Å²) < 4.78 is 129. The Balaban J connectivity index is 0.000000320. The van der Waals surface area contributed by atoms with Gasteiger partial charge in [0.25, 0.3) is 0 Å².